The first-order valence-electron chi connectivity index (χ1n) is 11.0. The lowest BCUT2D eigenvalue weighted by Crippen LogP contribution is -2.40. The third-order valence-electron chi connectivity index (χ3n) is 8.12. The van der Waals surface area contributed by atoms with Gasteiger partial charge in [-0.25, -0.2) is 0 Å². The van der Waals surface area contributed by atoms with Gasteiger partial charge in [-0.1, -0.05) is 13.0 Å². The molecule has 1 aromatic carbocycles. The second kappa shape index (κ2) is 7.12. The van der Waals surface area contributed by atoms with Crippen molar-refractivity contribution >= 4 is 0 Å². The van der Waals surface area contributed by atoms with E-state index in [1.807, 2.05) is 0 Å². The Bertz CT molecular complexity index is 779. The number of hydrogen-bond acceptors (Lipinski definition) is 2. The molecule has 5 rings (SSSR count). The van der Waals surface area contributed by atoms with E-state index in [0.717, 1.165) is 63.7 Å². The van der Waals surface area contributed by atoms with Gasteiger partial charge in [-0.3, -0.25) is 0 Å². The van der Waals surface area contributed by atoms with E-state index in [2.05, 4.69) is 25.1 Å². The van der Waals surface area contributed by atoms with Crippen molar-refractivity contribution in [3.8, 4) is 5.75 Å². The van der Waals surface area contributed by atoms with Crippen molar-refractivity contribution in [1.29, 1.82) is 0 Å². The molecular formula is C24H30F2O2. The number of allylic oxidation sites excluding steroid dienone is 1. The van der Waals surface area contributed by atoms with E-state index in [9.17, 15) is 8.78 Å². The highest BCUT2D eigenvalue weighted by atomic mass is 19.3. The molecule has 0 amide bonds. The van der Waals surface area contributed by atoms with E-state index < -0.39 is 6.08 Å². The summed E-state index contributed by atoms with van der Waals surface area (Å²) in [5, 5.41) is 0. The molecule has 1 aliphatic heterocycles. The zero-order valence-corrected chi connectivity index (χ0v) is 16.7. The summed E-state index contributed by atoms with van der Waals surface area (Å²) in [6.07, 6.45) is 7.30. The molecule has 3 fully saturated rings. The Balaban J connectivity index is 1.37. The van der Waals surface area contributed by atoms with Crippen molar-refractivity contribution in [2.75, 3.05) is 6.61 Å². The van der Waals surface area contributed by atoms with Gasteiger partial charge in [-0.2, -0.15) is 8.78 Å². The fourth-order valence-corrected chi connectivity index (χ4v) is 6.71. The molecule has 1 heterocycles. The second-order valence-corrected chi connectivity index (χ2v) is 9.42. The fraction of sp³-hybridized carbons (Fsp3) is 0.667. The largest absolute Gasteiger partial charge is 0.465 e. The average molecular weight is 388 g/mol. The molecule has 0 bridgehead atoms. The van der Waals surface area contributed by atoms with Gasteiger partial charge in [-0.15, -0.1) is 0 Å². The maximum Gasteiger partial charge on any atom is 0.270 e. The number of benzene rings is 1. The predicted molar refractivity (Wildman–Crippen MR) is 105 cm³/mol. The van der Waals surface area contributed by atoms with E-state index in [0.29, 0.717) is 29.7 Å². The SMILES string of the molecule is C[C@]12CC[C@@H]3c4ccc(OC5CCCCO5)cc4CC[C@@H]3[C@@H]1CCC2=C(F)F. The summed E-state index contributed by atoms with van der Waals surface area (Å²) in [7, 11) is 0. The quantitative estimate of drug-likeness (QED) is 0.568. The number of ether oxygens (including phenoxy) is 2. The topological polar surface area (TPSA) is 18.5 Å². The predicted octanol–water partition coefficient (Wildman–Crippen LogP) is 6.60. The third kappa shape index (κ3) is 2.99. The van der Waals surface area contributed by atoms with Gasteiger partial charge in [0.25, 0.3) is 6.08 Å². The van der Waals surface area contributed by atoms with Gasteiger partial charge in [0, 0.05) is 12.0 Å². The first-order chi connectivity index (χ1) is 13.6. The highest BCUT2D eigenvalue weighted by Crippen LogP contribution is 2.63. The van der Waals surface area contributed by atoms with Crippen molar-refractivity contribution in [2.24, 2.45) is 17.3 Å². The molecule has 1 aromatic rings. The second-order valence-electron chi connectivity index (χ2n) is 9.42. The zero-order valence-electron chi connectivity index (χ0n) is 16.7. The van der Waals surface area contributed by atoms with E-state index in [4.69, 9.17) is 9.47 Å². The summed E-state index contributed by atoms with van der Waals surface area (Å²) in [6, 6.07) is 6.54. The monoisotopic (exact) mass is 388 g/mol. The van der Waals surface area contributed by atoms with E-state index >= 15 is 0 Å². The summed E-state index contributed by atoms with van der Waals surface area (Å²) >= 11 is 0. The standard InChI is InChI=1S/C24H30F2O2/c1-24-12-11-18-17-8-6-16(28-22-4-2-3-13-27-22)14-15(17)5-7-19(18)20(24)9-10-21(24)23(25)26/h6,8,14,18-20,22H,2-5,7,9-13H2,1H3/t18-,19+,20+,22?,24+/m1/s1. The van der Waals surface area contributed by atoms with Crippen LogP contribution in [0.5, 0.6) is 5.75 Å². The Labute approximate surface area is 166 Å². The molecule has 28 heavy (non-hydrogen) atoms. The summed E-state index contributed by atoms with van der Waals surface area (Å²) in [6.45, 7) is 2.89. The highest BCUT2D eigenvalue weighted by molar-refractivity contribution is 5.41. The molecule has 0 N–H and O–H groups in total. The van der Waals surface area contributed by atoms with Gasteiger partial charge in [-0.05, 0) is 97.8 Å². The summed E-state index contributed by atoms with van der Waals surface area (Å²) in [4.78, 5) is 0. The fourth-order valence-electron chi connectivity index (χ4n) is 6.71. The Kier molecular flexibility index (Phi) is 4.73. The number of fused-ring (bicyclic) bond motifs is 5. The Morgan fingerprint density at radius 2 is 2.00 bits per heavy atom. The van der Waals surface area contributed by atoms with E-state index in [1.165, 1.54) is 11.1 Å². The van der Waals surface area contributed by atoms with E-state index in [-0.39, 0.29) is 11.7 Å². The maximum atomic E-state index is 13.5. The minimum absolute atomic E-state index is 0.113. The van der Waals surface area contributed by atoms with E-state index in [1.54, 1.807) is 0 Å². The third-order valence-corrected chi connectivity index (χ3v) is 8.12. The highest BCUT2D eigenvalue weighted by Gasteiger charge is 2.53. The molecule has 3 aliphatic carbocycles. The lowest BCUT2D eigenvalue weighted by atomic mass is 9.55. The molecular weight excluding hydrogens is 358 g/mol. The molecule has 0 spiro atoms. The Morgan fingerprint density at radius 1 is 1.11 bits per heavy atom. The molecule has 4 aliphatic rings. The van der Waals surface area contributed by atoms with Gasteiger partial charge in [0.15, 0.2) is 6.29 Å². The average Bonchev–Trinajstić information content (AvgIpc) is 3.06. The van der Waals surface area contributed by atoms with Gasteiger partial charge < -0.3 is 9.47 Å². The summed E-state index contributed by atoms with van der Waals surface area (Å²) < 4.78 is 38.8. The van der Waals surface area contributed by atoms with Crippen LogP contribution in [0.4, 0.5) is 8.78 Å². The molecule has 2 nitrogen and oxygen atoms in total. The Hall–Kier alpha value is -1.42. The minimum atomic E-state index is -1.41. The number of rotatable bonds is 2. The number of halogens is 2. The van der Waals surface area contributed by atoms with Gasteiger partial charge in [0.1, 0.15) is 5.75 Å². The molecule has 4 heteroatoms. The van der Waals surface area contributed by atoms with Crippen molar-refractivity contribution < 1.29 is 18.3 Å². The van der Waals surface area contributed by atoms with Crippen LogP contribution in [-0.4, -0.2) is 12.9 Å². The lowest BCUT2D eigenvalue weighted by molar-refractivity contribution is -0.105. The van der Waals surface area contributed by atoms with Crippen LogP contribution in [0.15, 0.2) is 29.9 Å². The van der Waals surface area contributed by atoms with Crippen molar-refractivity contribution in [1.82, 2.24) is 0 Å². The lowest BCUT2D eigenvalue weighted by Gasteiger charge is -2.49. The van der Waals surface area contributed by atoms with Crippen LogP contribution in [0, 0.1) is 17.3 Å². The van der Waals surface area contributed by atoms with Gasteiger partial charge in [0.05, 0.1) is 6.61 Å². The number of hydrogen-bond donors (Lipinski definition) is 0. The van der Waals surface area contributed by atoms with Gasteiger partial charge >= 0.3 is 0 Å². The molecule has 152 valence electrons. The van der Waals surface area contributed by atoms with Crippen LogP contribution in [0.1, 0.15) is 75.3 Å². The van der Waals surface area contributed by atoms with Crippen LogP contribution < -0.4 is 4.74 Å². The summed E-state index contributed by atoms with van der Waals surface area (Å²) in [5.41, 5.74) is 3.01. The minimum Gasteiger partial charge on any atom is -0.465 e. The Morgan fingerprint density at radius 3 is 2.79 bits per heavy atom. The maximum absolute atomic E-state index is 13.5. The first-order valence-corrected chi connectivity index (χ1v) is 11.0. The molecule has 0 aromatic heterocycles. The molecule has 0 radical (unpaired) electrons. The van der Waals surface area contributed by atoms with Gasteiger partial charge in [0.2, 0.25) is 0 Å². The molecule has 1 saturated heterocycles. The van der Waals surface area contributed by atoms with Crippen LogP contribution in [0.25, 0.3) is 0 Å². The zero-order chi connectivity index (χ0) is 19.3. The van der Waals surface area contributed by atoms with Crippen molar-refractivity contribution in [3.05, 3.63) is 41.0 Å². The van der Waals surface area contributed by atoms with Crippen LogP contribution in [0.3, 0.4) is 0 Å². The van der Waals surface area contributed by atoms with Crippen LogP contribution in [0.2, 0.25) is 0 Å². The molecule has 1 unspecified atom stereocenters. The van der Waals surface area contributed by atoms with Crippen molar-refractivity contribution in [2.45, 2.75) is 76.9 Å². The molecule has 2 saturated carbocycles. The summed E-state index contributed by atoms with van der Waals surface area (Å²) in [5.74, 6) is 2.37. The number of aryl methyl sites for hydroxylation is 1. The normalized spacial score (nSPS) is 37.0. The van der Waals surface area contributed by atoms with Crippen LogP contribution >= 0.6 is 0 Å². The molecule has 5 atom stereocenters. The first kappa shape index (κ1) is 18.6. The van der Waals surface area contributed by atoms with Crippen LogP contribution in [-0.2, 0) is 11.2 Å². The smallest absolute Gasteiger partial charge is 0.270 e. The van der Waals surface area contributed by atoms with Crippen molar-refractivity contribution in [3.63, 3.8) is 0 Å².